The first-order valence-corrected chi connectivity index (χ1v) is 14.3. The molecule has 2 aromatic heterocycles. The van der Waals surface area contributed by atoms with Crippen LogP contribution >= 0.6 is 0 Å². The zero-order chi connectivity index (χ0) is 24.6. The normalized spacial score (nSPS) is 16.1. The van der Waals surface area contributed by atoms with Crippen molar-refractivity contribution in [2.24, 2.45) is 0 Å². The largest absolute Gasteiger partial charge is 0.437 e. The van der Waals surface area contributed by atoms with Crippen LogP contribution in [0.15, 0.2) is 34.7 Å². The summed E-state index contributed by atoms with van der Waals surface area (Å²) < 4.78 is 34.4. The molecule has 35 heavy (non-hydrogen) atoms. The van der Waals surface area contributed by atoms with Gasteiger partial charge in [0, 0.05) is 19.2 Å². The Morgan fingerprint density at radius 1 is 1.09 bits per heavy atom. The monoisotopic (exact) mass is 495 g/mol. The fourth-order valence-corrected chi connectivity index (χ4v) is 5.80. The lowest BCUT2D eigenvalue weighted by Gasteiger charge is -2.10. The Balaban J connectivity index is 1.54. The molecule has 8 heteroatoms. The Morgan fingerprint density at radius 2 is 1.80 bits per heavy atom. The summed E-state index contributed by atoms with van der Waals surface area (Å²) >= 11 is 0. The molecule has 0 radical (unpaired) electrons. The Morgan fingerprint density at radius 3 is 2.43 bits per heavy atom. The number of aromatic nitrogens is 1. The molecule has 0 saturated heterocycles. The molecule has 7 nitrogen and oxygen atoms in total. The molecule has 2 aliphatic carbocycles. The molecule has 3 aromatic rings. The topological polar surface area (TPSA) is 101 Å². The number of unbranched alkanes of at least 4 members (excludes halogenated alkanes) is 2. The summed E-state index contributed by atoms with van der Waals surface area (Å²) in [6.07, 6.45) is 7.26. The maximum Gasteiger partial charge on any atom is 0.255 e. The van der Waals surface area contributed by atoms with Crippen LogP contribution in [0.2, 0.25) is 0 Å². The molecule has 0 bridgehead atoms. The highest BCUT2D eigenvalue weighted by atomic mass is 32.2. The van der Waals surface area contributed by atoms with Crippen molar-refractivity contribution in [2.75, 3.05) is 13.6 Å². The smallest absolute Gasteiger partial charge is 0.255 e. The number of furan rings is 1. The van der Waals surface area contributed by atoms with E-state index in [9.17, 15) is 13.2 Å². The van der Waals surface area contributed by atoms with Gasteiger partial charge in [0.05, 0.1) is 16.6 Å². The van der Waals surface area contributed by atoms with Crippen molar-refractivity contribution < 1.29 is 17.6 Å². The molecular formula is C27H33N3O4S. The minimum Gasteiger partial charge on any atom is -0.437 e. The van der Waals surface area contributed by atoms with E-state index >= 15 is 0 Å². The van der Waals surface area contributed by atoms with Gasteiger partial charge in [-0.2, -0.15) is 0 Å². The first-order valence-electron chi connectivity index (χ1n) is 12.7. The highest BCUT2D eigenvalue weighted by molar-refractivity contribution is 7.88. The van der Waals surface area contributed by atoms with E-state index in [1.165, 1.54) is 18.4 Å². The van der Waals surface area contributed by atoms with Crippen LogP contribution in [0.25, 0.3) is 22.4 Å². The maximum absolute atomic E-state index is 12.9. The lowest BCUT2D eigenvalue weighted by atomic mass is 10.0. The Labute approximate surface area is 206 Å². The Hall–Kier alpha value is -2.71. The van der Waals surface area contributed by atoms with Gasteiger partial charge >= 0.3 is 0 Å². The van der Waals surface area contributed by atoms with E-state index in [0.717, 1.165) is 43.2 Å². The molecule has 2 heterocycles. The second-order valence-electron chi connectivity index (χ2n) is 9.79. The van der Waals surface area contributed by atoms with Gasteiger partial charge in [-0.05, 0) is 61.1 Å². The van der Waals surface area contributed by atoms with Crippen LogP contribution in [0.4, 0.5) is 0 Å². The van der Waals surface area contributed by atoms with Crippen LogP contribution in [0.3, 0.4) is 0 Å². The summed E-state index contributed by atoms with van der Waals surface area (Å²) in [7, 11) is -1.93. The van der Waals surface area contributed by atoms with Crippen molar-refractivity contribution in [1.82, 2.24) is 15.0 Å². The minimum absolute atomic E-state index is 0.192. The third-order valence-corrected chi connectivity index (χ3v) is 8.21. The number of fused-ring (bicyclic) bond motifs is 1. The summed E-state index contributed by atoms with van der Waals surface area (Å²) in [4.78, 5) is 17.6. The Bertz CT molecular complexity index is 1340. The van der Waals surface area contributed by atoms with E-state index in [4.69, 9.17) is 4.42 Å². The number of carbonyl (C=O) groups excluding carboxylic acids is 1. The fourth-order valence-electron chi connectivity index (χ4n) is 4.65. The zero-order valence-electron chi connectivity index (χ0n) is 20.4. The number of carbonyl (C=O) groups is 1. The standard InChI is InChI=1S/C27H33N3O4S/c1-3-4-5-14-29-35(32,33)16-23-21(19-10-11-19)15-22-24(26(31)28-2)25(34-27(22)30-23)20-12-8-18(9-13-20)17-6-7-17/h8-9,12-13,15,17,19,29H,3-7,10-11,14,16H2,1-2H3,(H,28,31). The lowest BCUT2D eigenvalue weighted by molar-refractivity contribution is 0.0964. The highest BCUT2D eigenvalue weighted by Gasteiger charge is 2.32. The SMILES string of the molecule is CCCCCNS(=O)(=O)Cc1nc2oc(-c3ccc(C4CC4)cc3)c(C(=O)NC)c2cc1C1CC1. The van der Waals surface area contributed by atoms with Crippen molar-refractivity contribution in [3.63, 3.8) is 0 Å². The van der Waals surface area contributed by atoms with Gasteiger partial charge in [0.25, 0.3) is 5.91 Å². The number of benzene rings is 1. The van der Waals surface area contributed by atoms with Crippen molar-refractivity contribution in [1.29, 1.82) is 0 Å². The second kappa shape index (κ2) is 9.74. The van der Waals surface area contributed by atoms with E-state index in [-0.39, 0.29) is 17.6 Å². The molecule has 2 N–H and O–H groups in total. The predicted molar refractivity (Wildman–Crippen MR) is 137 cm³/mol. The van der Waals surface area contributed by atoms with Gasteiger partial charge in [0.2, 0.25) is 15.7 Å². The van der Waals surface area contributed by atoms with Crippen molar-refractivity contribution >= 4 is 27.0 Å². The second-order valence-corrected chi connectivity index (χ2v) is 11.6. The van der Waals surface area contributed by atoms with Gasteiger partial charge in [-0.15, -0.1) is 0 Å². The number of sulfonamides is 1. The molecule has 0 spiro atoms. The van der Waals surface area contributed by atoms with Gasteiger partial charge < -0.3 is 9.73 Å². The van der Waals surface area contributed by atoms with Crippen LogP contribution in [0, 0.1) is 0 Å². The Kier molecular flexibility index (Phi) is 6.68. The molecule has 2 saturated carbocycles. The molecule has 186 valence electrons. The molecule has 5 rings (SSSR count). The quantitative estimate of drug-likeness (QED) is 0.355. The van der Waals surface area contributed by atoms with E-state index in [1.54, 1.807) is 7.05 Å². The van der Waals surface area contributed by atoms with Gasteiger partial charge in [0.1, 0.15) is 11.5 Å². The number of hydrogen-bond acceptors (Lipinski definition) is 5. The number of hydrogen-bond donors (Lipinski definition) is 2. The molecule has 2 aliphatic rings. The first-order chi connectivity index (χ1) is 16.9. The van der Waals surface area contributed by atoms with Crippen LogP contribution < -0.4 is 10.0 Å². The number of pyridine rings is 1. The number of nitrogens with zero attached hydrogens (tertiary/aromatic N) is 1. The zero-order valence-corrected chi connectivity index (χ0v) is 21.2. The number of rotatable bonds is 11. The van der Waals surface area contributed by atoms with Crippen molar-refractivity contribution in [3.05, 3.63) is 52.7 Å². The number of nitrogens with one attached hydrogen (secondary N) is 2. The summed E-state index contributed by atoms with van der Waals surface area (Å²) in [6.45, 7) is 2.52. The van der Waals surface area contributed by atoms with Crippen molar-refractivity contribution in [2.45, 2.75) is 69.5 Å². The molecule has 0 atom stereocenters. The van der Waals surface area contributed by atoms with E-state index < -0.39 is 10.0 Å². The van der Waals surface area contributed by atoms with Crippen LogP contribution in [0.1, 0.15) is 90.9 Å². The van der Waals surface area contributed by atoms with Gasteiger partial charge in [-0.1, -0.05) is 44.0 Å². The third kappa shape index (κ3) is 5.28. The van der Waals surface area contributed by atoms with E-state index in [2.05, 4.69) is 34.1 Å². The number of amides is 1. The molecule has 1 aromatic carbocycles. The highest BCUT2D eigenvalue weighted by Crippen LogP contribution is 2.45. The minimum atomic E-state index is -3.53. The fraction of sp³-hybridized carbons (Fsp3) is 0.481. The summed E-state index contributed by atoms with van der Waals surface area (Å²) in [5.74, 6) is 0.939. The van der Waals surface area contributed by atoms with Crippen LogP contribution in [-0.4, -0.2) is 32.9 Å². The average Bonchev–Trinajstić information content (AvgIpc) is 3.77. The molecule has 0 aliphatic heterocycles. The third-order valence-electron chi connectivity index (χ3n) is 6.92. The van der Waals surface area contributed by atoms with Gasteiger partial charge in [-0.25, -0.2) is 18.1 Å². The summed E-state index contributed by atoms with van der Waals surface area (Å²) in [6, 6.07) is 10.1. The van der Waals surface area contributed by atoms with Crippen LogP contribution in [-0.2, 0) is 15.8 Å². The molecule has 0 unspecified atom stereocenters. The lowest BCUT2D eigenvalue weighted by Crippen LogP contribution is -2.27. The molecular weight excluding hydrogens is 462 g/mol. The predicted octanol–water partition coefficient (Wildman–Crippen LogP) is 5.22. The maximum atomic E-state index is 12.9. The summed E-state index contributed by atoms with van der Waals surface area (Å²) in [5, 5.41) is 3.36. The first kappa shape index (κ1) is 24.0. The molecule has 1 amide bonds. The van der Waals surface area contributed by atoms with E-state index in [1.807, 2.05) is 18.2 Å². The van der Waals surface area contributed by atoms with Crippen LogP contribution in [0.5, 0.6) is 0 Å². The summed E-state index contributed by atoms with van der Waals surface area (Å²) in [5.41, 5.74) is 4.27. The van der Waals surface area contributed by atoms with E-state index in [0.29, 0.717) is 40.6 Å². The van der Waals surface area contributed by atoms with Gasteiger partial charge in [0.15, 0.2) is 0 Å². The molecule has 2 fully saturated rings. The van der Waals surface area contributed by atoms with Crippen molar-refractivity contribution in [3.8, 4) is 11.3 Å². The average molecular weight is 496 g/mol. The van der Waals surface area contributed by atoms with Gasteiger partial charge in [-0.3, -0.25) is 4.79 Å².